The molecule has 0 aromatic heterocycles. The van der Waals surface area contributed by atoms with E-state index in [4.69, 9.17) is 0 Å². The Labute approximate surface area is 163 Å². The number of benzene rings is 2. The summed E-state index contributed by atoms with van der Waals surface area (Å²) < 4.78 is 14.5. The summed E-state index contributed by atoms with van der Waals surface area (Å²) in [5.41, 5.74) is 2.24. The van der Waals surface area contributed by atoms with Crippen molar-refractivity contribution in [3.63, 3.8) is 0 Å². The van der Waals surface area contributed by atoms with E-state index >= 15 is 0 Å². The van der Waals surface area contributed by atoms with E-state index in [9.17, 15) is 4.39 Å². The molecule has 2 aliphatic rings. The van der Waals surface area contributed by atoms with Gasteiger partial charge in [-0.1, -0.05) is 44.0 Å². The predicted octanol–water partition coefficient (Wildman–Crippen LogP) is 7.81. The fourth-order valence-corrected chi connectivity index (χ4v) is 5.70. The molecule has 2 aromatic carbocycles. The SMILES string of the molecule is C=CCCc1cc2ccc(C3CCC4CC(CC)CCC4C3)cc2cc1F. The van der Waals surface area contributed by atoms with Crippen LogP contribution < -0.4 is 0 Å². The van der Waals surface area contributed by atoms with Crippen LogP contribution in [0.1, 0.15) is 75.3 Å². The number of aryl methyl sites for hydroxylation is 1. The predicted molar refractivity (Wildman–Crippen MR) is 114 cm³/mol. The summed E-state index contributed by atoms with van der Waals surface area (Å²) in [5, 5.41) is 2.22. The Balaban J connectivity index is 1.52. The van der Waals surface area contributed by atoms with E-state index in [1.165, 1.54) is 50.5 Å². The number of allylic oxidation sites excluding steroid dienone is 1. The summed E-state index contributed by atoms with van der Waals surface area (Å²) in [4.78, 5) is 0. The van der Waals surface area contributed by atoms with E-state index < -0.39 is 0 Å². The van der Waals surface area contributed by atoms with Crippen molar-refractivity contribution in [3.8, 4) is 0 Å². The van der Waals surface area contributed by atoms with E-state index in [1.807, 2.05) is 12.1 Å². The van der Waals surface area contributed by atoms with Crippen LogP contribution >= 0.6 is 0 Å². The molecule has 4 atom stereocenters. The molecule has 144 valence electrons. The summed E-state index contributed by atoms with van der Waals surface area (Å²) in [7, 11) is 0. The van der Waals surface area contributed by atoms with Crippen LogP contribution in [0.5, 0.6) is 0 Å². The van der Waals surface area contributed by atoms with Crippen molar-refractivity contribution in [3.05, 3.63) is 59.9 Å². The van der Waals surface area contributed by atoms with Gasteiger partial charge in [0.2, 0.25) is 0 Å². The van der Waals surface area contributed by atoms with Crippen molar-refractivity contribution in [2.24, 2.45) is 17.8 Å². The Kier molecular flexibility index (Phi) is 5.66. The minimum atomic E-state index is -0.0666. The van der Waals surface area contributed by atoms with Crippen molar-refractivity contribution >= 4 is 10.8 Å². The van der Waals surface area contributed by atoms with Gasteiger partial charge in [0.1, 0.15) is 5.82 Å². The summed E-state index contributed by atoms with van der Waals surface area (Å²) >= 11 is 0. The molecule has 0 aliphatic heterocycles. The number of rotatable bonds is 5. The second kappa shape index (κ2) is 8.17. The Bertz CT molecular complexity index is 805. The first-order valence-electron chi connectivity index (χ1n) is 11.0. The lowest BCUT2D eigenvalue weighted by atomic mass is 9.63. The maximum Gasteiger partial charge on any atom is 0.127 e. The maximum absolute atomic E-state index is 14.5. The molecule has 0 heterocycles. The molecule has 2 aliphatic carbocycles. The van der Waals surface area contributed by atoms with E-state index in [2.05, 4.69) is 31.7 Å². The summed E-state index contributed by atoms with van der Waals surface area (Å²) in [5.74, 6) is 3.45. The molecular formula is C26H33F. The molecule has 0 N–H and O–H groups in total. The molecule has 2 fully saturated rings. The number of halogens is 1. The average Bonchev–Trinajstić information content (AvgIpc) is 2.71. The van der Waals surface area contributed by atoms with E-state index in [1.54, 1.807) is 6.07 Å². The fraction of sp³-hybridized carbons (Fsp3) is 0.538. The van der Waals surface area contributed by atoms with Gasteiger partial charge in [0, 0.05) is 0 Å². The highest BCUT2D eigenvalue weighted by molar-refractivity contribution is 5.84. The van der Waals surface area contributed by atoms with E-state index in [-0.39, 0.29) is 5.82 Å². The maximum atomic E-state index is 14.5. The lowest BCUT2D eigenvalue weighted by Crippen LogP contribution is -2.30. The zero-order valence-corrected chi connectivity index (χ0v) is 16.7. The van der Waals surface area contributed by atoms with Gasteiger partial charge in [-0.15, -0.1) is 6.58 Å². The topological polar surface area (TPSA) is 0 Å². The van der Waals surface area contributed by atoms with E-state index in [0.717, 1.165) is 46.9 Å². The lowest BCUT2D eigenvalue weighted by Gasteiger charge is -2.42. The van der Waals surface area contributed by atoms with Gasteiger partial charge < -0.3 is 0 Å². The molecule has 0 radical (unpaired) electrons. The number of hydrogen-bond acceptors (Lipinski definition) is 0. The Hall–Kier alpha value is -1.63. The molecule has 0 spiro atoms. The third-order valence-electron chi connectivity index (χ3n) is 7.42. The van der Waals surface area contributed by atoms with Gasteiger partial charge in [0.05, 0.1) is 0 Å². The first-order chi connectivity index (χ1) is 13.2. The van der Waals surface area contributed by atoms with Crippen LogP contribution in [-0.2, 0) is 6.42 Å². The molecular weight excluding hydrogens is 331 g/mol. The minimum Gasteiger partial charge on any atom is -0.207 e. The van der Waals surface area contributed by atoms with Crippen LogP contribution in [0.4, 0.5) is 4.39 Å². The van der Waals surface area contributed by atoms with Crippen molar-refractivity contribution in [2.45, 2.75) is 70.6 Å². The molecule has 27 heavy (non-hydrogen) atoms. The minimum absolute atomic E-state index is 0.0666. The van der Waals surface area contributed by atoms with Gasteiger partial charge in [-0.2, -0.15) is 0 Å². The molecule has 1 heteroatoms. The summed E-state index contributed by atoms with van der Waals surface area (Å²) in [6.45, 7) is 6.10. The van der Waals surface area contributed by atoms with Gasteiger partial charge >= 0.3 is 0 Å². The molecule has 0 nitrogen and oxygen atoms in total. The molecule has 4 unspecified atom stereocenters. The van der Waals surface area contributed by atoms with Crippen molar-refractivity contribution in [2.75, 3.05) is 0 Å². The Morgan fingerprint density at radius 1 is 1.00 bits per heavy atom. The third kappa shape index (κ3) is 3.98. The molecule has 4 rings (SSSR count). The number of hydrogen-bond donors (Lipinski definition) is 0. The van der Waals surface area contributed by atoms with Crippen molar-refractivity contribution in [1.82, 2.24) is 0 Å². The van der Waals surface area contributed by atoms with Crippen LogP contribution in [0.2, 0.25) is 0 Å². The molecule has 2 aromatic rings. The summed E-state index contributed by atoms with van der Waals surface area (Å²) in [6, 6.07) is 10.6. The molecule has 2 saturated carbocycles. The standard InChI is InChI=1S/C26H33F/c1-3-5-6-24-15-23-12-11-22(16-25(23)17-26(24)27)21-10-9-19-13-18(4-2)7-8-20(19)14-21/h3,11-12,15-21H,1,4-10,13-14H2,2H3. The van der Waals surface area contributed by atoms with E-state index in [0.29, 0.717) is 5.92 Å². The zero-order valence-electron chi connectivity index (χ0n) is 16.7. The normalized spacial score (nSPS) is 28.1. The van der Waals surface area contributed by atoms with Gasteiger partial charge in [-0.3, -0.25) is 0 Å². The number of fused-ring (bicyclic) bond motifs is 2. The quantitative estimate of drug-likeness (QED) is 0.475. The average molecular weight is 365 g/mol. The zero-order chi connectivity index (χ0) is 18.8. The van der Waals surface area contributed by atoms with Crippen LogP contribution in [-0.4, -0.2) is 0 Å². The van der Waals surface area contributed by atoms with Crippen molar-refractivity contribution in [1.29, 1.82) is 0 Å². The van der Waals surface area contributed by atoms with Gasteiger partial charge in [-0.05, 0) is 103 Å². The highest BCUT2D eigenvalue weighted by atomic mass is 19.1. The molecule has 0 amide bonds. The van der Waals surface area contributed by atoms with Crippen LogP contribution in [0.3, 0.4) is 0 Å². The second-order valence-electron chi connectivity index (χ2n) is 9.00. The third-order valence-corrected chi connectivity index (χ3v) is 7.42. The Morgan fingerprint density at radius 2 is 1.81 bits per heavy atom. The van der Waals surface area contributed by atoms with Gasteiger partial charge in [-0.25, -0.2) is 4.39 Å². The highest BCUT2D eigenvalue weighted by Gasteiger charge is 2.35. The smallest absolute Gasteiger partial charge is 0.127 e. The monoisotopic (exact) mass is 364 g/mol. The van der Waals surface area contributed by atoms with Crippen LogP contribution in [0.25, 0.3) is 10.8 Å². The molecule has 0 bridgehead atoms. The first-order valence-corrected chi connectivity index (χ1v) is 11.0. The van der Waals surface area contributed by atoms with Crippen LogP contribution in [0, 0.1) is 23.6 Å². The second-order valence-corrected chi connectivity index (χ2v) is 9.00. The highest BCUT2D eigenvalue weighted by Crippen LogP contribution is 2.48. The van der Waals surface area contributed by atoms with Gasteiger partial charge in [0.15, 0.2) is 0 Å². The largest absolute Gasteiger partial charge is 0.207 e. The van der Waals surface area contributed by atoms with Gasteiger partial charge in [0.25, 0.3) is 0 Å². The fourth-order valence-electron chi connectivity index (χ4n) is 5.70. The molecule has 0 saturated heterocycles. The Morgan fingerprint density at radius 3 is 2.63 bits per heavy atom. The summed E-state index contributed by atoms with van der Waals surface area (Å²) in [6.07, 6.45) is 13.1. The van der Waals surface area contributed by atoms with Crippen LogP contribution in [0.15, 0.2) is 43.0 Å². The van der Waals surface area contributed by atoms with Crippen molar-refractivity contribution < 1.29 is 4.39 Å². The first kappa shape index (κ1) is 18.7. The lowest BCUT2D eigenvalue weighted by molar-refractivity contribution is 0.116.